The average Bonchev–Trinajstić information content (AvgIpc) is 2.47. The summed E-state index contributed by atoms with van der Waals surface area (Å²) >= 11 is 1.90. The monoisotopic (exact) mass is 342 g/mol. The summed E-state index contributed by atoms with van der Waals surface area (Å²) in [5, 5.41) is 13.6. The summed E-state index contributed by atoms with van der Waals surface area (Å²) in [4.78, 5) is 13.6. The standard InChI is InChI=1S/C15H25N3S.HNO3/c1-2-3-4-5-6-7-12-19-14-10-8-13(9-11-14)18-15(16)17;2-1(3)4/h8-11H,2-7,12H2,1H3,(H4,16,17,18);(H,2,3,4). The van der Waals surface area contributed by atoms with E-state index in [1.54, 1.807) is 0 Å². The van der Waals surface area contributed by atoms with Gasteiger partial charge < -0.3 is 16.7 Å². The number of guanidine groups is 1. The zero-order valence-corrected chi connectivity index (χ0v) is 14.3. The number of hydrogen-bond donors (Lipinski definition) is 3. The number of rotatable bonds is 9. The number of aliphatic imine (C=N–C) groups is 1. The highest BCUT2D eigenvalue weighted by Crippen LogP contribution is 2.23. The van der Waals surface area contributed by atoms with Gasteiger partial charge in [-0.05, 0) is 36.4 Å². The Hall–Kier alpha value is -1.96. The van der Waals surface area contributed by atoms with Gasteiger partial charge in [0.15, 0.2) is 5.96 Å². The molecule has 23 heavy (non-hydrogen) atoms. The average molecular weight is 342 g/mol. The Labute approximate surface area is 141 Å². The summed E-state index contributed by atoms with van der Waals surface area (Å²) in [5.41, 5.74) is 11.5. The predicted octanol–water partition coefficient (Wildman–Crippen LogP) is 3.70. The molecule has 0 atom stereocenters. The summed E-state index contributed by atoms with van der Waals surface area (Å²) in [6.07, 6.45) is 8.09. The van der Waals surface area contributed by atoms with Crippen molar-refractivity contribution in [2.45, 2.75) is 50.3 Å². The van der Waals surface area contributed by atoms with E-state index in [4.69, 9.17) is 26.8 Å². The number of unbranched alkanes of at least 4 members (excludes halogenated alkanes) is 5. The summed E-state index contributed by atoms with van der Waals surface area (Å²) in [6, 6.07) is 8.04. The van der Waals surface area contributed by atoms with Crippen LogP contribution < -0.4 is 11.5 Å². The second kappa shape index (κ2) is 13.7. The van der Waals surface area contributed by atoms with Crippen molar-refractivity contribution in [3.63, 3.8) is 0 Å². The Balaban J connectivity index is 0.00000108. The van der Waals surface area contributed by atoms with E-state index in [-0.39, 0.29) is 5.96 Å². The van der Waals surface area contributed by atoms with Gasteiger partial charge in [-0.15, -0.1) is 21.9 Å². The topological polar surface area (TPSA) is 128 Å². The summed E-state index contributed by atoms with van der Waals surface area (Å²) in [7, 11) is 0. The van der Waals surface area contributed by atoms with Crippen molar-refractivity contribution in [2.24, 2.45) is 16.5 Å². The number of hydrogen-bond acceptors (Lipinski definition) is 4. The van der Waals surface area contributed by atoms with E-state index in [1.807, 2.05) is 23.9 Å². The van der Waals surface area contributed by atoms with Crippen LogP contribution in [0.25, 0.3) is 0 Å². The first kappa shape index (κ1) is 21.0. The van der Waals surface area contributed by atoms with Crippen LogP contribution in [0, 0.1) is 10.1 Å². The first-order valence-corrected chi connectivity index (χ1v) is 8.60. The lowest BCUT2D eigenvalue weighted by atomic mass is 10.1. The van der Waals surface area contributed by atoms with Crippen LogP contribution in [0.15, 0.2) is 34.2 Å². The second-order valence-corrected chi connectivity index (χ2v) is 6.05. The van der Waals surface area contributed by atoms with E-state index in [1.165, 1.54) is 49.2 Å². The molecule has 1 aromatic rings. The molecule has 0 aliphatic rings. The first-order chi connectivity index (χ1) is 11.0. The molecule has 5 N–H and O–H groups in total. The molecule has 8 heteroatoms. The number of nitrogens with two attached hydrogens (primary N) is 2. The molecular formula is C15H26N4O3S. The van der Waals surface area contributed by atoms with E-state index in [0.717, 1.165) is 5.69 Å². The molecule has 0 fully saturated rings. The van der Waals surface area contributed by atoms with Crippen molar-refractivity contribution >= 4 is 23.4 Å². The normalized spacial score (nSPS) is 9.61. The molecule has 7 nitrogen and oxygen atoms in total. The van der Waals surface area contributed by atoms with Gasteiger partial charge in [0, 0.05) is 4.90 Å². The first-order valence-electron chi connectivity index (χ1n) is 7.61. The Bertz CT molecular complexity index is 458. The van der Waals surface area contributed by atoms with Gasteiger partial charge in [-0.3, -0.25) is 0 Å². The van der Waals surface area contributed by atoms with E-state index in [0.29, 0.717) is 0 Å². The Kier molecular flexibility index (Phi) is 12.5. The molecular weight excluding hydrogens is 316 g/mol. The van der Waals surface area contributed by atoms with Crippen molar-refractivity contribution in [1.82, 2.24) is 0 Å². The maximum Gasteiger partial charge on any atom is 0.291 e. The molecule has 0 spiro atoms. The van der Waals surface area contributed by atoms with Crippen LogP contribution in [-0.2, 0) is 0 Å². The highest BCUT2D eigenvalue weighted by molar-refractivity contribution is 7.99. The van der Waals surface area contributed by atoms with Gasteiger partial charge >= 0.3 is 0 Å². The lowest BCUT2D eigenvalue weighted by Gasteiger charge is -2.03. The molecule has 0 unspecified atom stereocenters. The van der Waals surface area contributed by atoms with Crippen molar-refractivity contribution in [2.75, 3.05) is 5.75 Å². The van der Waals surface area contributed by atoms with Crippen molar-refractivity contribution in [3.8, 4) is 0 Å². The van der Waals surface area contributed by atoms with E-state index >= 15 is 0 Å². The van der Waals surface area contributed by atoms with Gasteiger partial charge in [-0.25, -0.2) is 4.99 Å². The minimum atomic E-state index is -1.50. The van der Waals surface area contributed by atoms with Gasteiger partial charge in [0.2, 0.25) is 0 Å². The molecule has 0 saturated heterocycles. The van der Waals surface area contributed by atoms with Gasteiger partial charge in [-0.1, -0.05) is 39.0 Å². The maximum absolute atomic E-state index is 8.36. The van der Waals surface area contributed by atoms with Crippen molar-refractivity contribution in [1.29, 1.82) is 0 Å². The fraction of sp³-hybridized carbons (Fsp3) is 0.533. The predicted molar refractivity (Wildman–Crippen MR) is 94.8 cm³/mol. The highest BCUT2D eigenvalue weighted by atomic mass is 32.2. The smallest absolute Gasteiger partial charge is 0.291 e. The number of thioether (sulfide) groups is 1. The molecule has 0 radical (unpaired) electrons. The van der Waals surface area contributed by atoms with Crippen LogP contribution in [0.3, 0.4) is 0 Å². The SMILES string of the molecule is CCCCCCCCSc1ccc(N=C(N)N)cc1.O=[N+]([O-])O. The van der Waals surface area contributed by atoms with Crippen LogP contribution in [0.2, 0.25) is 0 Å². The zero-order valence-electron chi connectivity index (χ0n) is 13.5. The number of benzene rings is 1. The third-order valence-corrected chi connectivity index (χ3v) is 3.96. The minimum Gasteiger partial charge on any atom is -0.370 e. The van der Waals surface area contributed by atoms with Gasteiger partial charge in [-0.2, -0.15) is 0 Å². The third-order valence-electron chi connectivity index (χ3n) is 2.86. The lowest BCUT2D eigenvalue weighted by Crippen LogP contribution is -2.21. The molecule has 0 aliphatic heterocycles. The molecule has 0 saturated carbocycles. The fourth-order valence-corrected chi connectivity index (χ4v) is 2.75. The third kappa shape index (κ3) is 14.7. The quantitative estimate of drug-likeness (QED) is 0.157. The maximum atomic E-state index is 8.36. The van der Waals surface area contributed by atoms with E-state index < -0.39 is 5.09 Å². The highest BCUT2D eigenvalue weighted by Gasteiger charge is 1.96. The Morgan fingerprint density at radius 3 is 2.22 bits per heavy atom. The van der Waals surface area contributed by atoms with Crippen LogP contribution in [0.4, 0.5) is 5.69 Å². The van der Waals surface area contributed by atoms with Crippen molar-refractivity contribution < 1.29 is 10.3 Å². The second-order valence-electron chi connectivity index (χ2n) is 4.88. The molecule has 130 valence electrons. The van der Waals surface area contributed by atoms with Crippen molar-refractivity contribution in [3.05, 3.63) is 34.4 Å². The minimum absolute atomic E-state index is 0.104. The van der Waals surface area contributed by atoms with Crippen LogP contribution in [-0.4, -0.2) is 22.0 Å². The molecule has 0 bridgehead atoms. The zero-order chi connectivity index (χ0) is 17.5. The fourth-order valence-electron chi connectivity index (χ4n) is 1.84. The summed E-state index contributed by atoms with van der Waals surface area (Å²) in [6.45, 7) is 2.25. The van der Waals surface area contributed by atoms with Crippen LogP contribution in [0.5, 0.6) is 0 Å². The largest absolute Gasteiger partial charge is 0.370 e. The van der Waals surface area contributed by atoms with Gasteiger partial charge in [0.25, 0.3) is 5.09 Å². The summed E-state index contributed by atoms with van der Waals surface area (Å²) < 4.78 is 0. The van der Waals surface area contributed by atoms with Crippen LogP contribution >= 0.6 is 11.8 Å². The molecule has 0 heterocycles. The molecule has 1 rings (SSSR count). The van der Waals surface area contributed by atoms with E-state index in [2.05, 4.69) is 24.0 Å². The molecule has 0 aliphatic carbocycles. The molecule has 0 amide bonds. The van der Waals surface area contributed by atoms with Gasteiger partial charge in [0.05, 0.1) is 5.69 Å². The number of nitrogens with zero attached hydrogens (tertiary/aromatic N) is 2. The molecule has 1 aromatic carbocycles. The summed E-state index contributed by atoms with van der Waals surface area (Å²) in [5.74, 6) is 1.29. The van der Waals surface area contributed by atoms with E-state index in [9.17, 15) is 0 Å². The lowest BCUT2D eigenvalue weighted by molar-refractivity contribution is -0.742. The van der Waals surface area contributed by atoms with Gasteiger partial charge in [0.1, 0.15) is 0 Å². The Morgan fingerprint density at radius 2 is 1.70 bits per heavy atom. The molecule has 0 aromatic heterocycles. The Morgan fingerprint density at radius 1 is 1.17 bits per heavy atom. The van der Waals surface area contributed by atoms with Crippen LogP contribution in [0.1, 0.15) is 45.4 Å².